The second-order valence-electron chi connectivity index (χ2n) is 4.97. The van der Waals surface area contributed by atoms with E-state index in [2.05, 4.69) is 17.1 Å². The van der Waals surface area contributed by atoms with Gasteiger partial charge in [-0.2, -0.15) is 0 Å². The molecule has 0 aliphatic carbocycles. The van der Waals surface area contributed by atoms with Gasteiger partial charge < -0.3 is 19.4 Å². The van der Waals surface area contributed by atoms with Gasteiger partial charge in [-0.1, -0.05) is 5.16 Å². The molecule has 0 aromatic heterocycles. The first kappa shape index (κ1) is 15.3. The predicted octanol–water partition coefficient (Wildman–Crippen LogP) is 0.820. The van der Waals surface area contributed by atoms with Gasteiger partial charge in [-0.3, -0.25) is 4.79 Å². The van der Waals surface area contributed by atoms with Crippen molar-refractivity contribution in [2.24, 2.45) is 5.16 Å². The van der Waals surface area contributed by atoms with E-state index in [0.717, 1.165) is 37.5 Å². The standard InChI is InChI=1S/C15H21N3O3/c1-17-7-9-18(10-8-17)15(19)12-21-16-11-13-3-5-14(20-2)6-4-13/h3-6,11H,7-10,12H2,1-2H3/b16-11-. The van der Waals surface area contributed by atoms with Crippen molar-refractivity contribution in [2.75, 3.05) is 46.9 Å². The van der Waals surface area contributed by atoms with Crippen molar-refractivity contribution in [1.29, 1.82) is 0 Å². The summed E-state index contributed by atoms with van der Waals surface area (Å²) in [5.74, 6) is 0.772. The molecule has 114 valence electrons. The molecule has 0 spiro atoms. The molecule has 0 bridgehead atoms. The lowest BCUT2D eigenvalue weighted by atomic mass is 10.2. The van der Waals surface area contributed by atoms with Crippen LogP contribution in [-0.2, 0) is 9.63 Å². The lowest BCUT2D eigenvalue weighted by molar-refractivity contribution is -0.137. The number of hydrogen-bond donors (Lipinski definition) is 0. The van der Waals surface area contributed by atoms with Gasteiger partial charge in [0.1, 0.15) is 5.75 Å². The summed E-state index contributed by atoms with van der Waals surface area (Å²) in [4.78, 5) is 21.0. The van der Waals surface area contributed by atoms with Crippen LogP contribution in [0.3, 0.4) is 0 Å². The second kappa shape index (κ2) is 7.64. The molecule has 1 saturated heterocycles. The van der Waals surface area contributed by atoms with Crippen LogP contribution in [0.15, 0.2) is 29.4 Å². The monoisotopic (exact) mass is 291 g/mol. The lowest BCUT2D eigenvalue weighted by Gasteiger charge is -2.31. The number of rotatable bonds is 5. The summed E-state index contributed by atoms with van der Waals surface area (Å²) in [6.45, 7) is 3.29. The van der Waals surface area contributed by atoms with Crippen LogP contribution in [0.4, 0.5) is 0 Å². The minimum atomic E-state index is -0.0185. The molecule has 1 aromatic carbocycles. The number of oxime groups is 1. The molecule has 1 amide bonds. The fraction of sp³-hybridized carbons (Fsp3) is 0.467. The maximum Gasteiger partial charge on any atom is 0.263 e. The molecule has 1 fully saturated rings. The molecule has 0 N–H and O–H groups in total. The summed E-state index contributed by atoms with van der Waals surface area (Å²) in [6, 6.07) is 7.43. The van der Waals surface area contributed by atoms with Crippen molar-refractivity contribution in [3.05, 3.63) is 29.8 Å². The third kappa shape index (κ3) is 4.75. The van der Waals surface area contributed by atoms with Crippen LogP contribution in [0, 0.1) is 0 Å². The summed E-state index contributed by atoms with van der Waals surface area (Å²) < 4.78 is 5.07. The molecule has 1 aromatic rings. The Hall–Kier alpha value is -2.08. The van der Waals surface area contributed by atoms with Crippen LogP contribution < -0.4 is 4.74 Å². The molecular weight excluding hydrogens is 270 g/mol. The van der Waals surface area contributed by atoms with E-state index in [1.165, 1.54) is 0 Å². The summed E-state index contributed by atoms with van der Waals surface area (Å²) in [6.07, 6.45) is 1.58. The molecule has 6 heteroatoms. The minimum absolute atomic E-state index is 0.0175. The van der Waals surface area contributed by atoms with Gasteiger partial charge in [-0.05, 0) is 36.9 Å². The highest BCUT2D eigenvalue weighted by Crippen LogP contribution is 2.09. The van der Waals surface area contributed by atoms with Gasteiger partial charge in [0.05, 0.1) is 13.3 Å². The number of benzene rings is 1. The van der Waals surface area contributed by atoms with E-state index in [-0.39, 0.29) is 12.5 Å². The average Bonchev–Trinajstić information content (AvgIpc) is 2.52. The second-order valence-corrected chi connectivity index (χ2v) is 4.97. The zero-order valence-corrected chi connectivity index (χ0v) is 12.5. The number of piperazine rings is 1. The van der Waals surface area contributed by atoms with Gasteiger partial charge in [-0.15, -0.1) is 0 Å². The third-order valence-corrected chi connectivity index (χ3v) is 3.44. The quantitative estimate of drug-likeness (QED) is 0.595. The maximum absolute atomic E-state index is 11.9. The highest BCUT2D eigenvalue weighted by Gasteiger charge is 2.18. The van der Waals surface area contributed by atoms with Gasteiger partial charge in [0.2, 0.25) is 0 Å². The largest absolute Gasteiger partial charge is 0.497 e. The summed E-state index contributed by atoms with van der Waals surface area (Å²) in [7, 11) is 3.67. The van der Waals surface area contributed by atoms with E-state index in [4.69, 9.17) is 9.57 Å². The number of ether oxygens (including phenoxy) is 1. The van der Waals surface area contributed by atoms with E-state index in [1.54, 1.807) is 13.3 Å². The van der Waals surface area contributed by atoms with Gasteiger partial charge >= 0.3 is 0 Å². The Morgan fingerprint density at radius 1 is 1.24 bits per heavy atom. The Morgan fingerprint density at radius 2 is 1.90 bits per heavy atom. The predicted molar refractivity (Wildman–Crippen MR) is 80.6 cm³/mol. The highest BCUT2D eigenvalue weighted by molar-refractivity contribution is 5.80. The summed E-state index contributed by atoms with van der Waals surface area (Å²) in [5.41, 5.74) is 0.892. The van der Waals surface area contributed by atoms with Gasteiger partial charge in [0, 0.05) is 26.2 Å². The average molecular weight is 291 g/mol. The Balaban J connectivity index is 1.72. The molecule has 0 atom stereocenters. The van der Waals surface area contributed by atoms with Crippen LogP contribution in [-0.4, -0.2) is 68.9 Å². The Kier molecular flexibility index (Phi) is 5.57. The Labute approximate surface area is 124 Å². The fourth-order valence-corrected chi connectivity index (χ4v) is 2.03. The van der Waals surface area contributed by atoms with E-state index in [1.807, 2.05) is 29.2 Å². The first-order valence-corrected chi connectivity index (χ1v) is 6.95. The number of hydrogen-bond acceptors (Lipinski definition) is 5. The number of carbonyl (C=O) groups is 1. The van der Waals surface area contributed by atoms with E-state index < -0.39 is 0 Å². The highest BCUT2D eigenvalue weighted by atomic mass is 16.6. The molecule has 0 unspecified atom stereocenters. The van der Waals surface area contributed by atoms with Gasteiger partial charge in [-0.25, -0.2) is 0 Å². The number of likely N-dealkylation sites (N-methyl/N-ethyl adjacent to an activating group) is 1. The fourth-order valence-electron chi connectivity index (χ4n) is 2.03. The van der Waals surface area contributed by atoms with E-state index >= 15 is 0 Å². The molecule has 6 nitrogen and oxygen atoms in total. The van der Waals surface area contributed by atoms with Crippen molar-refractivity contribution in [3.63, 3.8) is 0 Å². The molecule has 21 heavy (non-hydrogen) atoms. The Bertz CT molecular complexity index is 479. The van der Waals surface area contributed by atoms with Crippen LogP contribution in [0.5, 0.6) is 5.75 Å². The first-order valence-electron chi connectivity index (χ1n) is 6.95. The lowest BCUT2D eigenvalue weighted by Crippen LogP contribution is -2.48. The molecular formula is C15H21N3O3. The normalized spacial score (nSPS) is 16.2. The minimum Gasteiger partial charge on any atom is -0.497 e. The van der Waals surface area contributed by atoms with E-state index in [9.17, 15) is 4.79 Å². The van der Waals surface area contributed by atoms with Crippen LogP contribution >= 0.6 is 0 Å². The number of amides is 1. The number of carbonyl (C=O) groups excluding carboxylic acids is 1. The van der Waals surface area contributed by atoms with Crippen LogP contribution in [0.25, 0.3) is 0 Å². The van der Waals surface area contributed by atoms with Crippen molar-refractivity contribution >= 4 is 12.1 Å². The number of nitrogens with zero attached hydrogens (tertiary/aromatic N) is 3. The topological polar surface area (TPSA) is 54.4 Å². The molecule has 1 heterocycles. The third-order valence-electron chi connectivity index (χ3n) is 3.44. The Morgan fingerprint density at radius 3 is 2.52 bits per heavy atom. The van der Waals surface area contributed by atoms with Crippen molar-refractivity contribution in [3.8, 4) is 5.75 Å². The summed E-state index contributed by atoms with van der Waals surface area (Å²) >= 11 is 0. The van der Waals surface area contributed by atoms with Crippen molar-refractivity contribution < 1.29 is 14.4 Å². The molecule has 1 aliphatic heterocycles. The SMILES string of the molecule is COc1ccc(/C=N\OCC(=O)N2CCN(C)CC2)cc1. The van der Waals surface area contributed by atoms with Crippen LogP contribution in [0.1, 0.15) is 5.56 Å². The van der Waals surface area contributed by atoms with E-state index in [0.29, 0.717) is 0 Å². The molecule has 0 radical (unpaired) electrons. The molecule has 1 aliphatic rings. The smallest absolute Gasteiger partial charge is 0.263 e. The van der Waals surface area contributed by atoms with Crippen LogP contribution in [0.2, 0.25) is 0 Å². The van der Waals surface area contributed by atoms with Gasteiger partial charge in [0.15, 0.2) is 6.61 Å². The molecule has 2 rings (SSSR count). The first-order chi connectivity index (χ1) is 10.2. The summed E-state index contributed by atoms with van der Waals surface area (Å²) in [5, 5.41) is 3.82. The van der Waals surface area contributed by atoms with Crippen molar-refractivity contribution in [2.45, 2.75) is 0 Å². The zero-order chi connectivity index (χ0) is 15.1. The van der Waals surface area contributed by atoms with Crippen molar-refractivity contribution in [1.82, 2.24) is 9.80 Å². The number of methoxy groups -OCH3 is 1. The zero-order valence-electron chi connectivity index (χ0n) is 12.5. The van der Waals surface area contributed by atoms with Gasteiger partial charge in [0.25, 0.3) is 5.91 Å². The maximum atomic E-state index is 11.9. The molecule has 0 saturated carbocycles.